The van der Waals surface area contributed by atoms with Gasteiger partial charge in [-0.15, -0.1) is 0 Å². The lowest BCUT2D eigenvalue weighted by Gasteiger charge is -2.34. The number of fused-ring (bicyclic) bond motifs is 2. The molecule has 39 heavy (non-hydrogen) atoms. The van der Waals surface area contributed by atoms with Crippen LogP contribution in [0.15, 0.2) is 48.5 Å². The van der Waals surface area contributed by atoms with Crippen LogP contribution in [0.2, 0.25) is 0 Å². The van der Waals surface area contributed by atoms with E-state index >= 15 is 0 Å². The summed E-state index contributed by atoms with van der Waals surface area (Å²) in [6.07, 6.45) is 7.41. The van der Waals surface area contributed by atoms with Gasteiger partial charge in [-0.2, -0.15) is 0 Å². The molecule has 0 spiro atoms. The van der Waals surface area contributed by atoms with Crippen LogP contribution in [0.25, 0.3) is 0 Å². The van der Waals surface area contributed by atoms with Crippen LogP contribution in [0, 0.1) is 0 Å². The van der Waals surface area contributed by atoms with Crippen molar-refractivity contribution in [3.8, 4) is 23.0 Å². The maximum atomic E-state index is 12.3. The van der Waals surface area contributed by atoms with Gasteiger partial charge in [-0.05, 0) is 37.6 Å². The number of esters is 1. The molecule has 2 aromatic carbocycles. The molecule has 0 saturated heterocycles. The summed E-state index contributed by atoms with van der Waals surface area (Å²) in [5.74, 6) is 2.02. The second kappa shape index (κ2) is 17.6. The lowest BCUT2D eigenvalue weighted by atomic mass is 9.96. The van der Waals surface area contributed by atoms with E-state index in [1.54, 1.807) is 6.92 Å². The maximum Gasteiger partial charge on any atom is 0.332 e. The van der Waals surface area contributed by atoms with Crippen LogP contribution < -0.4 is 18.9 Å². The van der Waals surface area contributed by atoms with Crippen LogP contribution in [-0.4, -0.2) is 64.4 Å². The smallest absolute Gasteiger partial charge is 0.332 e. The van der Waals surface area contributed by atoms with E-state index in [1.165, 1.54) is 19.3 Å². The lowest BCUT2D eigenvalue weighted by molar-refractivity contribution is -0.162. The quantitative estimate of drug-likeness (QED) is 0.252. The standard InChI is InChI=1S/C31H44O8/c1-3-5-6-7-8-13-18-31(39-23-30(32)34-4-2)24-37-28-16-11-9-14-26(28)35-21-19-33-20-22-36-27-15-10-12-17-29(27)38-25-31/h9-12,14-17H,3-8,13,18-25H2,1-2H3. The van der Waals surface area contributed by atoms with E-state index in [4.69, 9.17) is 33.2 Å². The van der Waals surface area contributed by atoms with Gasteiger partial charge < -0.3 is 33.2 Å². The Morgan fingerprint density at radius 2 is 1.23 bits per heavy atom. The average molecular weight is 545 g/mol. The van der Waals surface area contributed by atoms with Crippen LogP contribution in [0.1, 0.15) is 58.8 Å². The Labute approximate surface area is 232 Å². The number of para-hydroxylation sites is 4. The molecule has 0 saturated carbocycles. The topological polar surface area (TPSA) is 81.7 Å². The zero-order valence-electron chi connectivity index (χ0n) is 23.5. The summed E-state index contributed by atoms with van der Waals surface area (Å²) in [5, 5.41) is 0. The van der Waals surface area contributed by atoms with Crippen LogP contribution in [0.4, 0.5) is 0 Å². The van der Waals surface area contributed by atoms with Crippen LogP contribution >= 0.6 is 0 Å². The third-order valence-electron chi connectivity index (χ3n) is 6.44. The highest BCUT2D eigenvalue weighted by molar-refractivity contribution is 5.70. The molecule has 0 radical (unpaired) electrons. The van der Waals surface area contributed by atoms with Crippen molar-refractivity contribution in [2.24, 2.45) is 0 Å². The van der Waals surface area contributed by atoms with E-state index in [0.717, 1.165) is 19.3 Å². The first kappa shape index (κ1) is 30.6. The average Bonchev–Trinajstić information content (AvgIpc) is 2.95. The monoisotopic (exact) mass is 544 g/mol. The van der Waals surface area contributed by atoms with E-state index in [0.29, 0.717) is 62.5 Å². The predicted octanol–water partition coefficient (Wildman–Crippen LogP) is 6.00. The van der Waals surface area contributed by atoms with Crippen molar-refractivity contribution in [1.82, 2.24) is 0 Å². The Kier molecular flexibility index (Phi) is 13.8. The van der Waals surface area contributed by atoms with Gasteiger partial charge in [-0.1, -0.05) is 69.7 Å². The number of rotatable bonds is 11. The summed E-state index contributed by atoms with van der Waals surface area (Å²) in [6, 6.07) is 15.1. The van der Waals surface area contributed by atoms with Gasteiger partial charge in [0.1, 0.15) is 38.6 Å². The molecule has 3 rings (SSSR count). The number of hydrogen-bond donors (Lipinski definition) is 0. The van der Waals surface area contributed by atoms with Gasteiger partial charge in [-0.3, -0.25) is 0 Å². The number of benzene rings is 2. The largest absolute Gasteiger partial charge is 0.487 e. The molecule has 0 aromatic heterocycles. The first-order valence-electron chi connectivity index (χ1n) is 14.2. The molecular weight excluding hydrogens is 500 g/mol. The summed E-state index contributed by atoms with van der Waals surface area (Å²) in [7, 11) is 0. The number of carbonyl (C=O) groups is 1. The van der Waals surface area contributed by atoms with Gasteiger partial charge in [0.15, 0.2) is 23.0 Å². The zero-order chi connectivity index (χ0) is 27.6. The van der Waals surface area contributed by atoms with Gasteiger partial charge in [-0.25, -0.2) is 4.79 Å². The molecule has 0 aliphatic carbocycles. The Balaban J connectivity index is 1.86. The Morgan fingerprint density at radius 3 is 1.77 bits per heavy atom. The van der Waals surface area contributed by atoms with Crippen LogP contribution in [0.3, 0.4) is 0 Å². The highest BCUT2D eigenvalue weighted by atomic mass is 16.6. The second-order valence-electron chi connectivity index (χ2n) is 9.57. The Morgan fingerprint density at radius 1 is 0.718 bits per heavy atom. The Bertz CT molecular complexity index is 908. The molecule has 0 fully saturated rings. The van der Waals surface area contributed by atoms with Crippen molar-refractivity contribution in [2.45, 2.75) is 64.4 Å². The zero-order valence-corrected chi connectivity index (χ0v) is 23.5. The number of carbonyl (C=O) groups excluding carboxylic acids is 1. The summed E-state index contributed by atoms with van der Waals surface area (Å²) in [6.45, 7) is 6.01. The second-order valence-corrected chi connectivity index (χ2v) is 9.57. The normalized spacial score (nSPS) is 15.8. The van der Waals surface area contributed by atoms with Crippen molar-refractivity contribution in [3.63, 3.8) is 0 Å². The molecule has 8 nitrogen and oxygen atoms in total. The number of unbranched alkanes of at least 4 members (excludes halogenated alkanes) is 5. The third-order valence-corrected chi connectivity index (χ3v) is 6.44. The van der Waals surface area contributed by atoms with E-state index in [2.05, 4.69) is 6.92 Å². The summed E-state index contributed by atoms with van der Waals surface area (Å²) < 4.78 is 41.7. The minimum atomic E-state index is -0.905. The molecule has 1 heterocycles. The van der Waals surface area contributed by atoms with Gasteiger partial charge >= 0.3 is 5.97 Å². The fraction of sp³-hybridized carbons (Fsp3) is 0.581. The highest BCUT2D eigenvalue weighted by Crippen LogP contribution is 2.32. The SMILES string of the molecule is CCCCCCCCC1(OCC(=O)OCC)COc2ccccc2OCCOCCOc2ccccc2OC1. The summed E-state index contributed by atoms with van der Waals surface area (Å²) in [4.78, 5) is 12.3. The van der Waals surface area contributed by atoms with Crippen LogP contribution in [-0.2, 0) is 19.0 Å². The first-order valence-corrected chi connectivity index (χ1v) is 14.2. The minimum Gasteiger partial charge on any atom is -0.487 e. The van der Waals surface area contributed by atoms with Crippen LogP contribution in [0.5, 0.6) is 23.0 Å². The molecule has 0 bridgehead atoms. The molecule has 0 amide bonds. The molecule has 8 heteroatoms. The molecule has 0 N–H and O–H groups in total. The van der Waals surface area contributed by atoms with Crippen molar-refractivity contribution in [1.29, 1.82) is 0 Å². The highest BCUT2D eigenvalue weighted by Gasteiger charge is 2.35. The molecule has 1 aliphatic rings. The van der Waals surface area contributed by atoms with Gasteiger partial charge in [0.2, 0.25) is 0 Å². The fourth-order valence-corrected chi connectivity index (χ4v) is 4.30. The molecule has 216 valence electrons. The molecule has 0 atom stereocenters. The Hall–Kier alpha value is -2.97. The van der Waals surface area contributed by atoms with Crippen molar-refractivity contribution >= 4 is 5.97 Å². The van der Waals surface area contributed by atoms with E-state index in [1.807, 2.05) is 48.5 Å². The number of hydrogen-bond acceptors (Lipinski definition) is 8. The van der Waals surface area contributed by atoms with E-state index in [-0.39, 0.29) is 19.8 Å². The summed E-state index contributed by atoms with van der Waals surface area (Å²) >= 11 is 0. The van der Waals surface area contributed by atoms with Crippen molar-refractivity contribution in [3.05, 3.63) is 48.5 Å². The molecule has 1 aliphatic heterocycles. The molecule has 0 unspecified atom stereocenters. The molecule has 2 aromatic rings. The number of ether oxygens (including phenoxy) is 7. The summed E-state index contributed by atoms with van der Waals surface area (Å²) in [5.41, 5.74) is -0.905. The fourth-order valence-electron chi connectivity index (χ4n) is 4.30. The van der Waals surface area contributed by atoms with Gasteiger partial charge in [0, 0.05) is 0 Å². The van der Waals surface area contributed by atoms with Crippen molar-refractivity contribution in [2.75, 3.05) is 52.9 Å². The lowest BCUT2D eigenvalue weighted by Crippen LogP contribution is -2.46. The predicted molar refractivity (Wildman–Crippen MR) is 149 cm³/mol. The van der Waals surface area contributed by atoms with Gasteiger partial charge in [0.05, 0.1) is 19.8 Å². The minimum absolute atomic E-state index is 0.168. The maximum absolute atomic E-state index is 12.3. The van der Waals surface area contributed by atoms with Gasteiger partial charge in [0.25, 0.3) is 0 Å². The first-order chi connectivity index (χ1) is 19.2. The molecular formula is C31H44O8. The van der Waals surface area contributed by atoms with Crippen molar-refractivity contribution < 1.29 is 38.0 Å². The van der Waals surface area contributed by atoms with E-state index in [9.17, 15) is 4.79 Å². The van der Waals surface area contributed by atoms with E-state index < -0.39 is 11.6 Å². The third kappa shape index (κ3) is 11.0.